The first-order valence-corrected chi connectivity index (χ1v) is 8.54. The number of ether oxygens (including phenoxy) is 1. The second-order valence-corrected chi connectivity index (χ2v) is 6.66. The van der Waals surface area contributed by atoms with E-state index in [1.165, 1.54) is 23.8 Å². The second kappa shape index (κ2) is 7.85. The van der Waals surface area contributed by atoms with Crippen molar-refractivity contribution < 1.29 is 13.9 Å². The Morgan fingerprint density at radius 3 is 2.56 bits per heavy atom. The van der Waals surface area contributed by atoms with Crippen molar-refractivity contribution in [2.24, 2.45) is 0 Å². The van der Waals surface area contributed by atoms with Crippen LogP contribution in [-0.2, 0) is 6.54 Å². The molecule has 0 saturated heterocycles. The number of benzene rings is 2. The highest BCUT2D eigenvalue weighted by Crippen LogP contribution is 2.22. The number of hydrogen-bond acceptors (Lipinski definition) is 3. The molecule has 1 fully saturated rings. The van der Waals surface area contributed by atoms with Gasteiger partial charge in [0.2, 0.25) is 0 Å². The van der Waals surface area contributed by atoms with Gasteiger partial charge in [0, 0.05) is 29.2 Å². The van der Waals surface area contributed by atoms with Crippen molar-refractivity contribution in [3.63, 3.8) is 0 Å². The molecule has 2 aromatic carbocycles. The molecule has 3 rings (SSSR count). The van der Waals surface area contributed by atoms with E-state index in [0.29, 0.717) is 6.04 Å². The van der Waals surface area contributed by atoms with Crippen LogP contribution < -0.4 is 15.4 Å². The first-order valence-electron chi connectivity index (χ1n) is 8.17. The van der Waals surface area contributed by atoms with Gasteiger partial charge in [-0.15, -0.1) is 0 Å². The maximum absolute atomic E-state index is 13.3. The summed E-state index contributed by atoms with van der Waals surface area (Å²) in [6.07, 6.45) is 1.70. The molecule has 0 unspecified atom stereocenters. The fourth-order valence-electron chi connectivity index (χ4n) is 2.86. The number of halogens is 2. The molecule has 132 valence electrons. The Labute approximate surface area is 151 Å². The summed E-state index contributed by atoms with van der Waals surface area (Å²) in [6.45, 7) is 0.773. The van der Waals surface area contributed by atoms with E-state index < -0.39 is 5.82 Å². The second-order valence-electron chi connectivity index (χ2n) is 6.23. The van der Waals surface area contributed by atoms with Crippen molar-refractivity contribution in [1.29, 1.82) is 0 Å². The molecule has 0 radical (unpaired) electrons. The van der Waals surface area contributed by atoms with Gasteiger partial charge in [0.05, 0.1) is 7.11 Å². The lowest BCUT2D eigenvalue weighted by atomic mass is 9.86. The smallest absolute Gasteiger partial charge is 0.251 e. The maximum Gasteiger partial charge on any atom is 0.251 e. The zero-order valence-electron chi connectivity index (χ0n) is 13.9. The fraction of sp³-hybridized carbons (Fsp3) is 0.316. The topological polar surface area (TPSA) is 50.4 Å². The van der Waals surface area contributed by atoms with Crippen molar-refractivity contribution in [1.82, 2.24) is 10.6 Å². The standard InChI is InChI=1S/C19H20ClFN2O2/c1-25-18-4-2-12(3-5-18)11-22-16-9-17(10-16)23-19(24)13-6-14(20)8-15(21)7-13/h2-8,16-17,22H,9-11H2,1H3,(H,23,24). The summed E-state index contributed by atoms with van der Waals surface area (Å²) in [5, 5.41) is 6.59. The number of amides is 1. The molecule has 1 amide bonds. The minimum absolute atomic E-state index is 0.0999. The number of hydrogen-bond donors (Lipinski definition) is 2. The van der Waals surface area contributed by atoms with E-state index in [0.717, 1.165) is 25.1 Å². The Bertz CT molecular complexity index is 725. The average Bonchev–Trinajstić information content (AvgIpc) is 2.56. The Hall–Kier alpha value is -2.11. The summed E-state index contributed by atoms with van der Waals surface area (Å²) in [7, 11) is 1.65. The average molecular weight is 363 g/mol. The zero-order valence-corrected chi connectivity index (χ0v) is 14.6. The van der Waals surface area contributed by atoms with Crippen molar-refractivity contribution in [3.05, 3.63) is 64.4 Å². The molecule has 6 heteroatoms. The first-order chi connectivity index (χ1) is 12.0. The number of carbonyl (C=O) groups excluding carboxylic acids is 1. The molecule has 0 spiro atoms. The maximum atomic E-state index is 13.3. The normalized spacial score (nSPS) is 19.2. The van der Waals surface area contributed by atoms with Crippen molar-refractivity contribution in [2.75, 3.05) is 7.11 Å². The third kappa shape index (κ3) is 4.71. The highest BCUT2D eigenvalue weighted by atomic mass is 35.5. The molecule has 0 bridgehead atoms. The van der Waals surface area contributed by atoms with E-state index >= 15 is 0 Å². The van der Waals surface area contributed by atoms with Gasteiger partial charge in [-0.25, -0.2) is 4.39 Å². The van der Waals surface area contributed by atoms with E-state index in [9.17, 15) is 9.18 Å². The molecule has 1 aliphatic carbocycles. The third-order valence-corrected chi connectivity index (χ3v) is 4.57. The Morgan fingerprint density at radius 2 is 1.92 bits per heavy atom. The van der Waals surface area contributed by atoms with Gasteiger partial charge >= 0.3 is 0 Å². The van der Waals surface area contributed by atoms with Crippen LogP contribution in [0.5, 0.6) is 5.75 Å². The van der Waals surface area contributed by atoms with Crippen molar-refractivity contribution >= 4 is 17.5 Å². The summed E-state index contributed by atoms with van der Waals surface area (Å²) in [5.41, 5.74) is 1.43. The van der Waals surface area contributed by atoms with Crippen LogP contribution in [0.2, 0.25) is 5.02 Å². The van der Waals surface area contributed by atoms with Crippen LogP contribution in [-0.4, -0.2) is 25.1 Å². The monoisotopic (exact) mass is 362 g/mol. The molecule has 0 heterocycles. The number of methoxy groups -OCH3 is 1. The van der Waals surface area contributed by atoms with Crippen molar-refractivity contribution in [3.8, 4) is 5.75 Å². The van der Waals surface area contributed by atoms with Crippen LogP contribution in [0, 0.1) is 5.82 Å². The molecule has 4 nitrogen and oxygen atoms in total. The van der Waals surface area contributed by atoms with E-state index in [1.54, 1.807) is 7.11 Å². The number of nitrogens with one attached hydrogen (secondary N) is 2. The van der Waals surface area contributed by atoms with Gasteiger partial charge < -0.3 is 15.4 Å². The fourth-order valence-corrected chi connectivity index (χ4v) is 3.08. The lowest BCUT2D eigenvalue weighted by molar-refractivity contribution is 0.0901. The van der Waals surface area contributed by atoms with Crippen LogP contribution >= 0.6 is 11.6 Å². The van der Waals surface area contributed by atoms with E-state index in [-0.39, 0.29) is 22.5 Å². The lowest BCUT2D eigenvalue weighted by Gasteiger charge is -2.36. The van der Waals surface area contributed by atoms with Crippen LogP contribution in [0.3, 0.4) is 0 Å². The molecule has 2 N–H and O–H groups in total. The molecule has 1 aliphatic rings. The van der Waals surface area contributed by atoms with Crippen LogP contribution in [0.4, 0.5) is 4.39 Å². The highest BCUT2D eigenvalue weighted by Gasteiger charge is 2.30. The van der Waals surface area contributed by atoms with Crippen LogP contribution in [0.25, 0.3) is 0 Å². The Balaban J connectivity index is 1.42. The summed E-state index contributed by atoms with van der Waals surface area (Å²) in [5.74, 6) is 0.0397. The molecular formula is C19H20ClFN2O2. The molecule has 0 aromatic heterocycles. The van der Waals surface area contributed by atoms with Gasteiger partial charge in [0.25, 0.3) is 5.91 Å². The third-order valence-electron chi connectivity index (χ3n) is 4.35. The molecule has 25 heavy (non-hydrogen) atoms. The van der Waals surface area contributed by atoms with E-state index in [1.807, 2.05) is 24.3 Å². The highest BCUT2D eigenvalue weighted by molar-refractivity contribution is 6.31. The van der Waals surface area contributed by atoms with Crippen LogP contribution in [0.15, 0.2) is 42.5 Å². The van der Waals surface area contributed by atoms with E-state index in [2.05, 4.69) is 10.6 Å². The van der Waals surface area contributed by atoms with Gasteiger partial charge in [0.1, 0.15) is 11.6 Å². The van der Waals surface area contributed by atoms with Gasteiger partial charge in [-0.2, -0.15) is 0 Å². The number of carbonyl (C=O) groups is 1. The minimum Gasteiger partial charge on any atom is -0.497 e. The van der Waals surface area contributed by atoms with Gasteiger partial charge in [-0.1, -0.05) is 23.7 Å². The Kier molecular flexibility index (Phi) is 5.56. The summed E-state index contributed by atoms with van der Waals surface area (Å²) >= 11 is 5.78. The molecule has 0 aliphatic heterocycles. The summed E-state index contributed by atoms with van der Waals surface area (Å²) in [4.78, 5) is 12.1. The SMILES string of the molecule is COc1ccc(CNC2CC(NC(=O)c3cc(F)cc(Cl)c3)C2)cc1. The molecule has 0 atom stereocenters. The van der Waals surface area contributed by atoms with Gasteiger partial charge in [-0.05, 0) is 48.7 Å². The summed E-state index contributed by atoms with van der Waals surface area (Å²) < 4.78 is 18.4. The molecule has 2 aromatic rings. The lowest BCUT2D eigenvalue weighted by Crippen LogP contribution is -2.52. The number of rotatable bonds is 6. The molecule has 1 saturated carbocycles. The quantitative estimate of drug-likeness (QED) is 0.826. The van der Waals surface area contributed by atoms with E-state index in [4.69, 9.17) is 16.3 Å². The molecular weight excluding hydrogens is 343 g/mol. The zero-order chi connectivity index (χ0) is 17.8. The van der Waals surface area contributed by atoms with Crippen molar-refractivity contribution in [2.45, 2.75) is 31.5 Å². The summed E-state index contributed by atoms with van der Waals surface area (Å²) in [6, 6.07) is 12.2. The minimum atomic E-state index is -0.509. The van der Waals surface area contributed by atoms with Gasteiger partial charge in [0.15, 0.2) is 0 Å². The Morgan fingerprint density at radius 1 is 1.20 bits per heavy atom. The van der Waals surface area contributed by atoms with Crippen LogP contribution in [0.1, 0.15) is 28.8 Å². The predicted octanol–water partition coefficient (Wildman–Crippen LogP) is 3.54. The largest absolute Gasteiger partial charge is 0.497 e. The predicted molar refractivity (Wildman–Crippen MR) is 95.5 cm³/mol. The first kappa shape index (κ1) is 17.7. The van der Waals surface area contributed by atoms with Gasteiger partial charge in [-0.3, -0.25) is 4.79 Å².